The van der Waals surface area contributed by atoms with E-state index in [0.717, 1.165) is 6.54 Å². The number of halogens is 1. The van der Waals surface area contributed by atoms with E-state index >= 15 is 0 Å². The second kappa shape index (κ2) is 7.96. The molecule has 1 aromatic rings. The summed E-state index contributed by atoms with van der Waals surface area (Å²) in [6.45, 7) is 10.1. The maximum atomic E-state index is 3.73. The van der Waals surface area contributed by atoms with Gasteiger partial charge in [0, 0.05) is 10.5 Å². The number of hydrogen-bond donors (Lipinski definition) is 1. The van der Waals surface area contributed by atoms with Crippen LogP contribution in [0.3, 0.4) is 0 Å². The Kier molecular flexibility index (Phi) is 6.95. The highest BCUT2D eigenvalue weighted by Crippen LogP contribution is 2.31. The smallest absolute Gasteiger partial charge is 0.0351 e. The minimum absolute atomic E-state index is 0.484. The molecule has 0 fully saturated rings. The summed E-state index contributed by atoms with van der Waals surface area (Å²) < 4.78 is 1.18. The molecule has 0 aliphatic heterocycles. The van der Waals surface area contributed by atoms with Gasteiger partial charge in [-0.1, -0.05) is 55.6 Å². The fourth-order valence-corrected chi connectivity index (χ4v) is 2.92. The van der Waals surface area contributed by atoms with E-state index in [1.54, 1.807) is 0 Å². The van der Waals surface area contributed by atoms with Crippen molar-refractivity contribution in [3.05, 3.63) is 33.8 Å². The Hall–Kier alpha value is -0.340. The molecule has 0 spiro atoms. The van der Waals surface area contributed by atoms with Crippen molar-refractivity contribution in [1.82, 2.24) is 5.32 Å². The summed E-state index contributed by atoms with van der Waals surface area (Å²) in [6, 6.07) is 7.10. The minimum Gasteiger partial charge on any atom is -0.310 e. The monoisotopic (exact) mass is 311 g/mol. The summed E-state index contributed by atoms with van der Waals surface area (Å²) in [5.41, 5.74) is 2.84. The molecule has 0 heterocycles. The van der Waals surface area contributed by atoms with E-state index in [9.17, 15) is 0 Å². The number of hydrogen-bond acceptors (Lipinski definition) is 1. The molecule has 102 valence electrons. The lowest BCUT2D eigenvalue weighted by molar-refractivity contribution is 0.340. The van der Waals surface area contributed by atoms with Gasteiger partial charge < -0.3 is 5.32 Å². The van der Waals surface area contributed by atoms with Gasteiger partial charge in [0.05, 0.1) is 0 Å². The lowest BCUT2D eigenvalue weighted by atomic mass is 9.86. The average Bonchev–Trinajstić information content (AvgIpc) is 2.38. The maximum absolute atomic E-state index is 3.73. The number of benzene rings is 1. The second-order valence-corrected chi connectivity index (χ2v) is 5.92. The van der Waals surface area contributed by atoms with Crippen molar-refractivity contribution in [3.8, 4) is 0 Å². The molecule has 2 heteroatoms. The molecule has 1 unspecified atom stereocenters. The van der Waals surface area contributed by atoms with Crippen LogP contribution in [-0.2, 0) is 0 Å². The van der Waals surface area contributed by atoms with Gasteiger partial charge in [-0.25, -0.2) is 0 Å². The molecule has 1 atom stereocenters. The van der Waals surface area contributed by atoms with Crippen molar-refractivity contribution in [1.29, 1.82) is 0 Å². The minimum atomic E-state index is 0.484. The molecule has 0 saturated carbocycles. The Balaban J connectivity index is 3.03. The number of rotatable bonds is 7. The van der Waals surface area contributed by atoms with Gasteiger partial charge in [-0.2, -0.15) is 0 Å². The van der Waals surface area contributed by atoms with E-state index in [2.05, 4.69) is 67.1 Å². The molecule has 1 rings (SSSR count). The molecule has 0 aliphatic carbocycles. The van der Waals surface area contributed by atoms with Crippen LogP contribution in [0.1, 0.15) is 57.2 Å². The highest BCUT2D eigenvalue weighted by molar-refractivity contribution is 9.10. The standard InChI is InChI=1S/C16H26BrN/c1-5-10-18-16(13(6-2)7-3)15-11-14(17)9-8-12(15)4/h8-9,11,13,16,18H,5-7,10H2,1-4H3. The first-order valence-electron chi connectivity index (χ1n) is 7.13. The summed E-state index contributed by atoms with van der Waals surface area (Å²) in [6.07, 6.45) is 3.64. The third-order valence-corrected chi connectivity index (χ3v) is 4.20. The molecule has 18 heavy (non-hydrogen) atoms. The summed E-state index contributed by atoms with van der Waals surface area (Å²) in [5, 5.41) is 3.73. The van der Waals surface area contributed by atoms with Gasteiger partial charge in [-0.15, -0.1) is 0 Å². The normalized spacial score (nSPS) is 13.0. The Morgan fingerprint density at radius 3 is 2.39 bits per heavy atom. The molecule has 0 aliphatic rings. The lowest BCUT2D eigenvalue weighted by Crippen LogP contribution is -2.29. The van der Waals surface area contributed by atoms with E-state index in [-0.39, 0.29) is 0 Å². The Labute approximate surface area is 120 Å². The Bertz CT molecular complexity index is 358. The lowest BCUT2D eigenvalue weighted by Gasteiger charge is -2.28. The van der Waals surface area contributed by atoms with Crippen LogP contribution < -0.4 is 5.32 Å². The fraction of sp³-hybridized carbons (Fsp3) is 0.625. The predicted octanol–water partition coefficient (Wildman–Crippen LogP) is 5.23. The molecule has 0 radical (unpaired) electrons. The first-order chi connectivity index (χ1) is 8.63. The molecule has 1 aromatic carbocycles. The fourth-order valence-electron chi connectivity index (χ4n) is 2.54. The van der Waals surface area contributed by atoms with E-state index in [1.165, 1.54) is 34.9 Å². The number of aryl methyl sites for hydroxylation is 1. The summed E-state index contributed by atoms with van der Waals surface area (Å²) in [5.74, 6) is 0.713. The van der Waals surface area contributed by atoms with Crippen LogP contribution in [0, 0.1) is 12.8 Å². The molecule has 0 amide bonds. The summed E-state index contributed by atoms with van der Waals surface area (Å²) >= 11 is 3.60. The molecular formula is C16H26BrN. The SMILES string of the molecule is CCCNC(c1cc(Br)ccc1C)C(CC)CC. The highest BCUT2D eigenvalue weighted by Gasteiger charge is 2.21. The molecule has 1 N–H and O–H groups in total. The van der Waals surface area contributed by atoms with E-state index in [0.29, 0.717) is 12.0 Å². The second-order valence-electron chi connectivity index (χ2n) is 5.01. The molecule has 1 nitrogen and oxygen atoms in total. The number of nitrogens with one attached hydrogen (secondary N) is 1. The summed E-state index contributed by atoms with van der Waals surface area (Å²) in [7, 11) is 0. The van der Waals surface area contributed by atoms with Crippen molar-refractivity contribution < 1.29 is 0 Å². The van der Waals surface area contributed by atoms with E-state index in [1.807, 2.05) is 0 Å². The van der Waals surface area contributed by atoms with Crippen molar-refractivity contribution in [2.75, 3.05) is 6.54 Å². The van der Waals surface area contributed by atoms with Crippen LogP contribution in [0.5, 0.6) is 0 Å². The van der Waals surface area contributed by atoms with E-state index in [4.69, 9.17) is 0 Å². The van der Waals surface area contributed by atoms with Crippen LogP contribution in [0.4, 0.5) is 0 Å². The third kappa shape index (κ3) is 4.10. The highest BCUT2D eigenvalue weighted by atomic mass is 79.9. The van der Waals surface area contributed by atoms with Crippen LogP contribution in [0.2, 0.25) is 0 Å². The quantitative estimate of drug-likeness (QED) is 0.726. The summed E-state index contributed by atoms with van der Waals surface area (Å²) in [4.78, 5) is 0. The van der Waals surface area contributed by atoms with Gasteiger partial charge in [0.1, 0.15) is 0 Å². The average molecular weight is 312 g/mol. The Morgan fingerprint density at radius 2 is 1.83 bits per heavy atom. The van der Waals surface area contributed by atoms with Crippen LogP contribution in [-0.4, -0.2) is 6.54 Å². The first kappa shape index (κ1) is 15.7. The Morgan fingerprint density at radius 1 is 1.17 bits per heavy atom. The molecule has 0 bridgehead atoms. The third-order valence-electron chi connectivity index (χ3n) is 3.71. The van der Waals surface area contributed by atoms with Crippen molar-refractivity contribution in [3.63, 3.8) is 0 Å². The molecule has 0 aromatic heterocycles. The topological polar surface area (TPSA) is 12.0 Å². The maximum Gasteiger partial charge on any atom is 0.0351 e. The molecular weight excluding hydrogens is 286 g/mol. The van der Waals surface area contributed by atoms with Gasteiger partial charge in [0.15, 0.2) is 0 Å². The van der Waals surface area contributed by atoms with Crippen LogP contribution >= 0.6 is 15.9 Å². The zero-order valence-electron chi connectivity index (χ0n) is 12.1. The van der Waals surface area contributed by atoms with Gasteiger partial charge in [-0.05, 0) is 49.1 Å². The predicted molar refractivity (Wildman–Crippen MR) is 84.0 cm³/mol. The van der Waals surface area contributed by atoms with Crippen LogP contribution in [0.25, 0.3) is 0 Å². The van der Waals surface area contributed by atoms with Crippen molar-refractivity contribution in [2.24, 2.45) is 5.92 Å². The van der Waals surface area contributed by atoms with Crippen molar-refractivity contribution in [2.45, 2.75) is 53.0 Å². The van der Waals surface area contributed by atoms with Gasteiger partial charge in [0.2, 0.25) is 0 Å². The van der Waals surface area contributed by atoms with Gasteiger partial charge in [-0.3, -0.25) is 0 Å². The van der Waals surface area contributed by atoms with E-state index < -0.39 is 0 Å². The van der Waals surface area contributed by atoms with Crippen molar-refractivity contribution >= 4 is 15.9 Å². The van der Waals surface area contributed by atoms with Crippen LogP contribution in [0.15, 0.2) is 22.7 Å². The van der Waals surface area contributed by atoms with Gasteiger partial charge >= 0.3 is 0 Å². The zero-order valence-corrected chi connectivity index (χ0v) is 13.7. The molecule has 0 saturated heterocycles. The van der Waals surface area contributed by atoms with Gasteiger partial charge in [0.25, 0.3) is 0 Å². The first-order valence-corrected chi connectivity index (χ1v) is 7.92. The largest absolute Gasteiger partial charge is 0.310 e. The zero-order chi connectivity index (χ0) is 13.5.